The molecule has 1 aromatic heterocycles. The Balaban J connectivity index is 1.85. The summed E-state index contributed by atoms with van der Waals surface area (Å²) in [6.07, 6.45) is 1.54. The van der Waals surface area contributed by atoms with Gasteiger partial charge in [0.05, 0.1) is 11.9 Å². The van der Waals surface area contributed by atoms with Crippen molar-refractivity contribution in [2.75, 3.05) is 11.1 Å². The topological polar surface area (TPSA) is 98.0 Å². The fraction of sp³-hybridized carbons (Fsp3) is 0.100. The first-order valence-electron chi connectivity index (χ1n) is 8.06. The van der Waals surface area contributed by atoms with Crippen LogP contribution in [-0.4, -0.2) is 21.7 Å². The molecule has 0 saturated heterocycles. The average Bonchev–Trinajstić information content (AvgIpc) is 2.63. The number of nitrogens with two attached hydrogens (primary N) is 1. The quantitative estimate of drug-likeness (QED) is 0.705. The highest BCUT2D eigenvalue weighted by molar-refractivity contribution is 6.06. The molecule has 130 valence electrons. The second kappa shape index (κ2) is 7.14. The third kappa shape index (κ3) is 3.75. The minimum absolute atomic E-state index is 0.0382. The van der Waals surface area contributed by atoms with E-state index in [9.17, 15) is 9.59 Å². The summed E-state index contributed by atoms with van der Waals surface area (Å²) in [5, 5.41) is 2.72. The molecule has 0 aliphatic carbocycles. The average molecular weight is 346 g/mol. The van der Waals surface area contributed by atoms with Crippen molar-refractivity contribution in [3.05, 3.63) is 71.5 Å². The van der Waals surface area contributed by atoms with E-state index in [0.29, 0.717) is 16.9 Å². The molecule has 0 atom stereocenters. The lowest BCUT2D eigenvalue weighted by atomic mass is 10.1. The van der Waals surface area contributed by atoms with Crippen LogP contribution in [0.5, 0.6) is 0 Å². The first-order chi connectivity index (χ1) is 12.4. The predicted molar refractivity (Wildman–Crippen MR) is 101 cm³/mol. The third-order valence-electron chi connectivity index (χ3n) is 3.91. The normalized spacial score (nSPS) is 10.4. The molecule has 2 aromatic carbocycles. The van der Waals surface area contributed by atoms with Crippen LogP contribution in [0, 0.1) is 6.92 Å². The smallest absolute Gasteiger partial charge is 0.278 e. The highest BCUT2D eigenvalue weighted by atomic mass is 16.2. The first kappa shape index (κ1) is 17.3. The molecule has 1 amide bonds. The second-order valence-corrected chi connectivity index (χ2v) is 5.94. The van der Waals surface area contributed by atoms with Crippen LogP contribution in [0.4, 0.5) is 11.5 Å². The van der Waals surface area contributed by atoms with Crippen LogP contribution in [0.25, 0.3) is 11.3 Å². The number of aryl methyl sites for hydroxylation is 1. The predicted octanol–water partition coefficient (Wildman–Crippen LogP) is 3.49. The number of hydrogen-bond acceptors (Lipinski definition) is 5. The monoisotopic (exact) mass is 346 g/mol. The van der Waals surface area contributed by atoms with Crippen LogP contribution >= 0.6 is 0 Å². The fourth-order valence-electron chi connectivity index (χ4n) is 2.41. The van der Waals surface area contributed by atoms with Crippen molar-refractivity contribution in [1.82, 2.24) is 9.97 Å². The number of aromatic nitrogens is 2. The van der Waals surface area contributed by atoms with Gasteiger partial charge in [0.2, 0.25) is 0 Å². The highest BCUT2D eigenvalue weighted by Crippen LogP contribution is 2.20. The van der Waals surface area contributed by atoms with Gasteiger partial charge in [0.25, 0.3) is 5.91 Å². The Morgan fingerprint density at radius 2 is 1.65 bits per heavy atom. The Bertz CT molecular complexity index is 964. The fourth-order valence-corrected chi connectivity index (χ4v) is 2.41. The summed E-state index contributed by atoms with van der Waals surface area (Å²) in [4.78, 5) is 32.3. The zero-order valence-corrected chi connectivity index (χ0v) is 14.5. The summed E-state index contributed by atoms with van der Waals surface area (Å²) in [5.41, 5.74) is 9.55. The van der Waals surface area contributed by atoms with E-state index in [-0.39, 0.29) is 17.3 Å². The highest BCUT2D eigenvalue weighted by Gasteiger charge is 2.15. The number of rotatable bonds is 4. The maximum Gasteiger partial charge on any atom is 0.278 e. The van der Waals surface area contributed by atoms with Crippen LogP contribution in [0.3, 0.4) is 0 Å². The third-order valence-corrected chi connectivity index (χ3v) is 3.91. The molecule has 1 heterocycles. The van der Waals surface area contributed by atoms with E-state index in [1.54, 1.807) is 30.5 Å². The lowest BCUT2D eigenvalue weighted by molar-refractivity contribution is 0.101. The zero-order valence-electron chi connectivity index (χ0n) is 14.5. The molecule has 0 aliphatic heterocycles. The number of ketones is 1. The van der Waals surface area contributed by atoms with Gasteiger partial charge >= 0.3 is 0 Å². The van der Waals surface area contributed by atoms with Crippen LogP contribution in [0.2, 0.25) is 0 Å². The minimum atomic E-state index is -0.459. The summed E-state index contributed by atoms with van der Waals surface area (Å²) in [5.74, 6) is -0.443. The van der Waals surface area contributed by atoms with Crippen LogP contribution in [0.15, 0.2) is 54.7 Å². The molecular formula is C20H18N4O2. The molecule has 0 radical (unpaired) electrons. The van der Waals surface area contributed by atoms with Gasteiger partial charge in [-0.05, 0) is 38.1 Å². The van der Waals surface area contributed by atoms with Crippen LogP contribution < -0.4 is 11.1 Å². The molecule has 0 saturated carbocycles. The Kier molecular flexibility index (Phi) is 4.75. The van der Waals surface area contributed by atoms with Crippen molar-refractivity contribution in [1.29, 1.82) is 0 Å². The Morgan fingerprint density at radius 1 is 1.00 bits per heavy atom. The number of hydrogen-bond donors (Lipinski definition) is 2. The van der Waals surface area contributed by atoms with Crippen molar-refractivity contribution in [3.63, 3.8) is 0 Å². The number of Topliss-reactive ketones (excluding diaryl/α,β-unsaturated/α-hetero) is 1. The number of nitrogens with zero attached hydrogens (tertiary/aromatic N) is 2. The molecule has 3 N–H and O–H groups in total. The number of benzene rings is 2. The van der Waals surface area contributed by atoms with Crippen molar-refractivity contribution in [2.24, 2.45) is 0 Å². The maximum atomic E-state index is 12.5. The van der Waals surface area contributed by atoms with Gasteiger partial charge in [0.15, 0.2) is 17.3 Å². The van der Waals surface area contributed by atoms with Crippen molar-refractivity contribution in [3.8, 4) is 11.3 Å². The van der Waals surface area contributed by atoms with E-state index in [4.69, 9.17) is 5.73 Å². The van der Waals surface area contributed by atoms with Crippen LogP contribution in [-0.2, 0) is 0 Å². The van der Waals surface area contributed by atoms with Gasteiger partial charge in [-0.15, -0.1) is 0 Å². The van der Waals surface area contributed by atoms with Gasteiger partial charge < -0.3 is 11.1 Å². The summed E-state index contributed by atoms with van der Waals surface area (Å²) in [6, 6.07) is 14.4. The minimum Gasteiger partial charge on any atom is -0.382 e. The first-order valence-corrected chi connectivity index (χ1v) is 8.06. The van der Waals surface area contributed by atoms with E-state index in [2.05, 4.69) is 15.3 Å². The Hall–Kier alpha value is -3.54. The number of carbonyl (C=O) groups is 2. The van der Waals surface area contributed by atoms with E-state index in [1.807, 2.05) is 31.2 Å². The van der Waals surface area contributed by atoms with Crippen LogP contribution in [0.1, 0.15) is 33.3 Å². The van der Waals surface area contributed by atoms with Gasteiger partial charge in [-0.25, -0.2) is 9.97 Å². The molecule has 0 bridgehead atoms. The summed E-state index contributed by atoms with van der Waals surface area (Å²) >= 11 is 0. The number of nitrogen functional groups attached to an aromatic ring is 1. The maximum absolute atomic E-state index is 12.5. The molecule has 26 heavy (non-hydrogen) atoms. The summed E-state index contributed by atoms with van der Waals surface area (Å²) in [6.45, 7) is 3.48. The van der Waals surface area contributed by atoms with E-state index >= 15 is 0 Å². The summed E-state index contributed by atoms with van der Waals surface area (Å²) < 4.78 is 0. The SMILES string of the molecule is CC(=O)c1ccc(NC(=O)c2nc(-c3ccc(C)cc3)cnc2N)cc1. The van der Waals surface area contributed by atoms with E-state index in [1.165, 1.54) is 6.92 Å². The number of carbonyl (C=O) groups excluding carboxylic acids is 2. The lowest BCUT2D eigenvalue weighted by Crippen LogP contribution is -2.17. The molecule has 0 fully saturated rings. The van der Waals surface area contributed by atoms with Gasteiger partial charge in [-0.1, -0.05) is 29.8 Å². The van der Waals surface area contributed by atoms with E-state index < -0.39 is 5.91 Å². The molecule has 0 unspecified atom stereocenters. The van der Waals surface area contributed by atoms with Gasteiger partial charge in [0.1, 0.15) is 0 Å². The number of nitrogens with one attached hydrogen (secondary N) is 1. The molecule has 0 spiro atoms. The molecule has 3 aromatic rings. The molecule has 6 nitrogen and oxygen atoms in total. The number of amides is 1. The van der Waals surface area contributed by atoms with Crippen molar-refractivity contribution < 1.29 is 9.59 Å². The Morgan fingerprint density at radius 3 is 2.27 bits per heavy atom. The summed E-state index contributed by atoms with van der Waals surface area (Å²) in [7, 11) is 0. The molecule has 0 aliphatic rings. The van der Waals surface area contributed by atoms with Gasteiger partial charge in [-0.2, -0.15) is 0 Å². The molecule has 6 heteroatoms. The van der Waals surface area contributed by atoms with Gasteiger partial charge in [0, 0.05) is 16.8 Å². The largest absolute Gasteiger partial charge is 0.382 e. The van der Waals surface area contributed by atoms with Crippen molar-refractivity contribution >= 4 is 23.2 Å². The second-order valence-electron chi connectivity index (χ2n) is 5.94. The van der Waals surface area contributed by atoms with Crippen molar-refractivity contribution in [2.45, 2.75) is 13.8 Å². The van der Waals surface area contributed by atoms with Gasteiger partial charge in [-0.3, -0.25) is 9.59 Å². The number of anilines is 2. The Labute approximate surface area is 151 Å². The standard InChI is InChI=1S/C20H18N4O2/c1-12-3-5-15(6-4-12)17-11-22-19(21)18(24-17)20(26)23-16-9-7-14(8-10-16)13(2)25/h3-11H,1-2H3,(H2,21,22)(H,23,26). The molecule has 3 rings (SSSR count). The molecular weight excluding hydrogens is 328 g/mol. The lowest BCUT2D eigenvalue weighted by Gasteiger charge is -2.09. The van der Waals surface area contributed by atoms with E-state index in [0.717, 1.165) is 11.1 Å². The zero-order chi connectivity index (χ0) is 18.7.